The minimum atomic E-state index is -3.64. The summed E-state index contributed by atoms with van der Waals surface area (Å²) in [6.45, 7) is 3.38. The second-order valence-electron chi connectivity index (χ2n) is 7.97. The molecule has 2 aromatic carbocycles. The van der Waals surface area contributed by atoms with Crippen LogP contribution in [0.3, 0.4) is 0 Å². The zero-order chi connectivity index (χ0) is 21.1. The number of carbonyl (C=O) groups is 1. The lowest BCUT2D eigenvalue weighted by Crippen LogP contribution is -2.40. The molecule has 1 aliphatic carbocycles. The summed E-state index contributed by atoms with van der Waals surface area (Å²) in [6, 6.07) is 12.5. The van der Waals surface area contributed by atoms with Crippen LogP contribution in [-0.4, -0.2) is 44.9 Å². The van der Waals surface area contributed by atoms with Gasteiger partial charge in [0.1, 0.15) is 0 Å². The summed E-state index contributed by atoms with van der Waals surface area (Å²) < 4.78 is 32.4. The van der Waals surface area contributed by atoms with E-state index in [9.17, 15) is 13.2 Å². The van der Waals surface area contributed by atoms with E-state index in [1.54, 1.807) is 12.1 Å². The molecule has 1 saturated heterocycles. The molecule has 1 amide bonds. The first-order valence-electron chi connectivity index (χ1n) is 10.6. The number of nitrogens with zero attached hydrogens (tertiary/aromatic N) is 1. The third kappa shape index (κ3) is 4.43. The van der Waals surface area contributed by atoms with Gasteiger partial charge in [-0.15, -0.1) is 0 Å². The highest BCUT2D eigenvalue weighted by Crippen LogP contribution is 2.25. The molecule has 0 aromatic heterocycles. The molecule has 1 fully saturated rings. The van der Waals surface area contributed by atoms with E-state index in [0.717, 1.165) is 18.4 Å². The molecule has 0 radical (unpaired) electrons. The average molecular weight is 429 g/mol. The van der Waals surface area contributed by atoms with E-state index in [1.807, 2.05) is 6.92 Å². The van der Waals surface area contributed by atoms with E-state index in [4.69, 9.17) is 4.74 Å². The van der Waals surface area contributed by atoms with Crippen molar-refractivity contribution < 1.29 is 17.9 Å². The molecular formula is C23H28N2O4S. The zero-order valence-corrected chi connectivity index (χ0v) is 18.1. The first-order chi connectivity index (χ1) is 14.4. The normalized spacial score (nSPS) is 18.4. The Morgan fingerprint density at radius 2 is 1.77 bits per heavy atom. The number of sulfonamides is 1. The Bertz CT molecular complexity index is 1030. The lowest BCUT2D eigenvalue weighted by atomic mass is 9.89. The number of morpholine rings is 1. The van der Waals surface area contributed by atoms with Gasteiger partial charge in [-0.3, -0.25) is 4.79 Å². The van der Waals surface area contributed by atoms with Crippen molar-refractivity contribution in [1.29, 1.82) is 0 Å². The Hall–Kier alpha value is -2.22. The standard InChI is InChI=1S/C23H28N2O4S/c1-17(19-10-9-18-5-2-3-6-20(18)15-19)24-23(26)21-7-4-8-22(16-21)30(27,28)25-11-13-29-14-12-25/h4,7-10,15-17H,2-3,5-6,11-14H2,1H3,(H,24,26)/t17-/m0/s1. The first kappa shape index (κ1) is 21.0. The van der Waals surface area contributed by atoms with Crippen molar-refractivity contribution in [1.82, 2.24) is 9.62 Å². The first-order valence-corrected chi connectivity index (χ1v) is 12.0. The van der Waals surface area contributed by atoms with Gasteiger partial charge in [-0.25, -0.2) is 8.42 Å². The number of ether oxygens (including phenoxy) is 1. The molecule has 7 heteroatoms. The van der Waals surface area contributed by atoms with Crippen LogP contribution in [-0.2, 0) is 27.6 Å². The van der Waals surface area contributed by atoms with Crippen LogP contribution in [0.4, 0.5) is 0 Å². The number of hydrogen-bond donors (Lipinski definition) is 1. The van der Waals surface area contributed by atoms with Crippen LogP contribution in [0.25, 0.3) is 0 Å². The number of hydrogen-bond acceptors (Lipinski definition) is 4. The summed E-state index contributed by atoms with van der Waals surface area (Å²) in [6.07, 6.45) is 4.66. The van der Waals surface area contributed by atoms with E-state index in [2.05, 4.69) is 23.5 Å². The molecule has 2 aromatic rings. The van der Waals surface area contributed by atoms with Gasteiger partial charge in [0.15, 0.2) is 0 Å². The van der Waals surface area contributed by atoms with E-state index in [-0.39, 0.29) is 16.8 Å². The molecule has 1 N–H and O–H groups in total. The number of nitrogens with one attached hydrogen (secondary N) is 1. The monoisotopic (exact) mass is 428 g/mol. The van der Waals surface area contributed by atoms with E-state index in [0.29, 0.717) is 31.9 Å². The number of fused-ring (bicyclic) bond motifs is 1. The molecule has 1 atom stereocenters. The summed E-state index contributed by atoms with van der Waals surface area (Å²) in [5, 5.41) is 3.01. The Labute approximate surface area is 178 Å². The summed E-state index contributed by atoms with van der Waals surface area (Å²) in [5.41, 5.74) is 4.19. The predicted molar refractivity (Wildman–Crippen MR) is 115 cm³/mol. The van der Waals surface area contributed by atoms with Gasteiger partial charge in [-0.2, -0.15) is 4.31 Å². The summed E-state index contributed by atoms with van der Waals surface area (Å²) in [5.74, 6) is -0.278. The van der Waals surface area contributed by atoms with E-state index in [1.165, 1.54) is 40.4 Å². The maximum Gasteiger partial charge on any atom is 0.251 e. The molecule has 1 aliphatic heterocycles. The number of amides is 1. The maximum absolute atomic E-state index is 12.9. The fraction of sp³-hybridized carbons (Fsp3) is 0.435. The van der Waals surface area contributed by atoms with E-state index < -0.39 is 10.0 Å². The molecule has 30 heavy (non-hydrogen) atoms. The topological polar surface area (TPSA) is 75.7 Å². The Morgan fingerprint density at radius 3 is 2.53 bits per heavy atom. The van der Waals surface area contributed by atoms with Crippen LogP contribution in [0.5, 0.6) is 0 Å². The molecule has 6 nitrogen and oxygen atoms in total. The fourth-order valence-electron chi connectivity index (χ4n) is 4.12. The fourth-order valence-corrected chi connectivity index (χ4v) is 5.57. The summed E-state index contributed by atoms with van der Waals surface area (Å²) in [4.78, 5) is 13.0. The van der Waals surface area contributed by atoms with E-state index >= 15 is 0 Å². The molecule has 160 valence electrons. The minimum absolute atomic E-state index is 0.137. The molecule has 0 spiro atoms. The molecule has 0 unspecified atom stereocenters. The molecule has 2 aliphatic rings. The van der Waals surface area contributed by atoms with Crippen LogP contribution in [0.15, 0.2) is 47.4 Å². The van der Waals surface area contributed by atoms with Crippen molar-refractivity contribution in [2.75, 3.05) is 26.3 Å². The minimum Gasteiger partial charge on any atom is -0.379 e. The van der Waals surface area contributed by atoms with Crippen molar-refractivity contribution in [3.8, 4) is 0 Å². The highest BCUT2D eigenvalue weighted by atomic mass is 32.2. The van der Waals surface area contributed by atoms with Crippen molar-refractivity contribution in [3.63, 3.8) is 0 Å². The SMILES string of the molecule is C[C@H](NC(=O)c1cccc(S(=O)(=O)N2CCOCC2)c1)c1ccc2c(c1)CCCC2. The predicted octanol–water partition coefficient (Wildman–Crippen LogP) is 3.08. The van der Waals surface area contributed by atoms with Gasteiger partial charge in [-0.1, -0.05) is 24.3 Å². The van der Waals surface area contributed by atoms with Crippen molar-refractivity contribution in [3.05, 3.63) is 64.7 Å². The van der Waals surface area contributed by atoms with Gasteiger partial charge in [0.05, 0.1) is 24.2 Å². The quantitative estimate of drug-likeness (QED) is 0.794. The van der Waals surface area contributed by atoms with Crippen LogP contribution >= 0.6 is 0 Å². The smallest absolute Gasteiger partial charge is 0.251 e. The van der Waals surface area contributed by atoms with Gasteiger partial charge in [0.2, 0.25) is 10.0 Å². The van der Waals surface area contributed by atoms with Gasteiger partial charge in [0.25, 0.3) is 5.91 Å². The van der Waals surface area contributed by atoms with Crippen molar-refractivity contribution in [2.45, 2.75) is 43.5 Å². The Kier molecular flexibility index (Phi) is 6.22. The number of benzene rings is 2. The lowest BCUT2D eigenvalue weighted by molar-refractivity contribution is 0.0730. The molecule has 4 rings (SSSR count). The van der Waals surface area contributed by atoms with Crippen LogP contribution in [0, 0.1) is 0 Å². The lowest BCUT2D eigenvalue weighted by Gasteiger charge is -2.26. The highest BCUT2D eigenvalue weighted by molar-refractivity contribution is 7.89. The average Bonchev–Trinajstić information content (AvgIpc) is 2.79. The second-order valence-corrected chi connectivity index (χ2v) is 9.91. The molecule has 1 heterocycles. The van der Waals surface area contributed by atoms with Crippen LogP contribution < -0.4 is 5.32 Å². The van der Waals surface area contributed by atoms with Crippen molar-refractivity contribution >= 4 is 15.9 Å². The van der Waals surface area contributed by atoms with Gasteiger partial charge < -0.3 is 10.1 Å². The van der Waals surface area contributed by atoms with Crippen LogP contribution in [0.1, 0.15) is 52.9 Å². The summed E-state index contributed by atoms with van der Waals surface area (Å²) >= 11 is 0. The van der Waals surface area contributed by atoms with Crippen molar-refractivity contribution in [2.24, 2.45) is 0 Å². The summed E-state index contributed by atoms with van der Waals surface area (Å²) in [7, 11) is -3.64. The molecular weight excluding hydrogens is 400 g/mol. The maximum atomic E-state index is 12.9. The molecule has 0 bridgehead atoms. The highest BCUT2D eigenvalue weighted by Gasteiger charge is 2.27. The van der Waals surface area contributed by atoms with Crippen LogP contribution in [0.2, 0.25) is 0 Å². The number of carbonyl (C=O) groups excluding carboxylic acids is 1. The van der Waals surface area contributed by atoms with Gasteiger partial charge >= 0.3 is 0 Å². The largest absolute Gasteiger partial charge is 0.379 e. The Morgan fingerprint density at radius 1 is 1.03 bits per heavy atom. The number of rotatable bonds is 5. The third-order valence-electron chi connectivity index (χ3n) is 5.92. The Balaban J connectivity index is 1.49. The molecule has 0 saturated carbocycles. The van der Waals surface area contributed by atoms with Gasteiger partial charge in [0, 0.05) is 18.7 Å². The zero-order valence-electron chi connectivity index (χ0n) is 17.3. The third-order valence-corrected chi connectivity index (χ3v) is 7.82. The number of aryl methyl sites for hydroxylation is 2. The van der Waals surface area contributed by atoms with Gasteiger partial charge in [-0.05, 0) is 67.5 Å². The second kappa shape index (κ2) is 8.88.